The third kappa shape index (κ3) is 3.43. The van der Waals surface area contributed by atoms with Gasteiger partial charge in [-0.3, -0.25) is 4.79 Å². The van der Waals surface area contributed by atoms with E-state index in [0.717, 1.165) is 8.04 Å². The van der Waals surface area contributed by atoms with Crippen LogP contribution in [-0.4, -0.2) is 36.4 Å². The second-order valence-electron chi connectivity index (χ2n) is 4.33. The van der Waals surface area contributed by atoms with E-state index in [1.165, 1.54) is 0 Å². The molecule has 1 unspecified atom stereocenters. The van der Waals surface area contributed by atoms with E-state index < -0.39 is 5.60 Å². The lowest BCUT2D eigenvalue weighted by atomic mass is 10.0. The average Bonchev–Trinajstić information content (AvgIpc) is 2.77. The number of amides is 1. The van der Waals surface area contributed by atoms with Gasteiger partial charge in [-0.2, -0.15) is 0 Å². The van der Waals surface area contributed by atoms with Crippen molar-refractivity contribution in [2.24, 2.45) is 0 Å². The molecule has 1 aromatic rings. The van der Waals surface area contributed by atoms with Crippen LogP contribution in [0.25, 0.3) is 0 Å². The zero-order valence-electron chi connectivity index (χ0n) is 9.58. The number of carbonyl (C=O) groups is 1. The maximum absolute atomic E-state index is 12.0. The molecule has 1 amide bonds. The molecule has 2 rings (SSSR count). The van der Waals surface area contributed by atoms with E-state index in [0.29, 0.717) is 18.6 Å². The smallest absolute Gasteiger partial charge is 0.252 e. The molecule has 1 aliphatic heterocycles. The second kappa shape index (κ2) is 5.85. The molecule has 98 valence electrons. The van der Waals surface area contributed by atoms with Crippen LogP contribution in [0.2, 0.25) is 0 Å². The molecule has 2 N–H and O–H groups in total. The minimum atomic E-state index is -0.927. The topological polar surface area (TPSA) is 58.6 Å². The fourth-order valence-electron chi connectivity index (χ4n) is 1.75. The molecule has 1 saturated heterocycles. The van der Waals surface area contributed by atoms with E-state index in [1.54, 1.807) is 6.07 Å². The zero-order valence-corrected chi connectivity index (χ0v) is 13.3. The van der Waals surface area contributed by atoms with E-state index in [4.69, 9.17) is 4.74 Å². The fraction of sp³-hybridized carbons (Fsp3) is 0.417. The highest BCUT2D eigenvalue weighted by Gasteiger charge is 2.32. The van der Waals surface area contributed by atoms with Crippen LogP contribution >= 0.6 is 38.5 Å². The summed E-state index contributed by atoms with van der Waals surface area (Å²) in [6, 6.07) is 5.55. The van der Waals surface area contributed by atoms with Gasteiger partial charge in [-0.1, -0.05) is 0 Å². The number of ether oxygens (including phenoxy) is 1. The van der Waals surface area contributed by atoms with Gasteiger partial charge in [-0.05, 0) is 56.7 Å². The number of hydrogen-bond donors (Lipinski definition) is 2. The summed E-state index contributed by atoms with van der Waals surface area (Å²) in [6.45, 7) is 1.03. The molecule has 0 radical (unpaired) electrons. The van der Waals surface area contributed by atoms with Crippen molar-refractivity contribution in [2.75, 3.05) is 19.8 Å². The lowest BCUT2D eigenvalue weighted by Crippen LogP contribution is -2.43. The predicted molar refractivity (Wildman–Crippen MR) is 79.6 cm³/mol. The van der Waals surface area contributed by atoms with Crippen LogP contribution in [-0.2, 0) is 4.74 Å². The Morgan fingerprint density at radius 3 is 3.06 bits per heavy atom. The fourth-order valence-corrected chi connectivity index (χ4v) is 2.67. The molecule has 1 fully saturated rings. The first kappa shape index (κ1) is 14.2. The van der Waals surface area contributed by atoms with Crippen LogP contribution in [0.1, 0.15) is 16.8 Å². The standard InChI is InChI=1S/C12H13BrINO3/c13-10-2-1-8(14)5-9(10)11(16)15-6-12(17)3-4-18-7-12/h1-2,5,17H,3-4,6-7H2,(H,15,16). The number of nitrogens with one attached hydrogen (secondary N) is 1. The Balaban J connectivity index is 2.01. The lowest BCUT2D eigenvalue weighted by Gasteiger charge is -2.20. The summed E-state index contributed by atoms with van der Waals surface area (Å²) < 4.78 is 6.86. The number of halogens is 2. The van der Waals surface area contributed by atoms with Gasteiger partial charge in [0.25, 0.3) is 5.91 Å². The molecule has 6 heteroatoms. The number of hydrogen-bond acceptors (Lipinski definition) is 3. The van der Waals surface area contributed by atoms with Crippen molar-refractivity contribution in [3.63, 3.8) is 0 Å². The third-order valence-electron chi connectivity index (χ3n) is 2.83. The highest BCUT2D eigenvalue weighted by molar-refractivity contribution is 14.1. The molecule has 0 saturated carbocycles. The highest BCUT2D eigenvalue weighted by atomic mass is 127. The van der Waals surface area contributed by atoms with Crippen LogP contribution in [0.3, 0.4) is 0 Å². The molecule has 0 spiro atoms. The lowest BCUT2D eigenvalue weighted by molar-refractivity contribution is 0.0264. The zero-order chi connectivity index (χ0) is 13.2. The van der Waals surface area contributed by atoms with Crippen molar-refractivity contribution < 1.29 is 14.6 Å². The van der Waals surface area contributed by atoms with Crippen molar-refractivity contribution in [3.05, 3.63) is 31.8 Å². The molecule has 1 atom stereocenters. The van der Waals surface area contributed by atoms with Crippen molar-refractivity contribution in [1.29, 1.82) is 0 Å². The molecule has 0 aliphatic carbocycles. The first-order valence-electron chi connectivity index (χ1n) is 5.54. The van der Waals surface area contributed by atoms with E-state index in [9.17, 15) is 9.90 Å². The predicted octanol–water partition coefficient (Wildman–Crippen LogP) is 1.93. The Labute approximate surface area is 127 Å². The average molecular weight is 426 g/mol. The maximum Gasteiger partial charge on any atom is 0.252 e. The first-order valence-corrected chi connectivity index (χ1v) is 7.41. The van der Waals surface area contributed by atoms with E-state index >= 15 is 0 Å². The van der Waals surface area contributed by atoms with Gasteiger partial charge < -0.3 is 15.2 Å². The number of carbonyl (C=O) groups excluding carboxylic acids is 1. The molecule has 0 bridgehead atoms. The second-order valence-corrected chi connectivity index (χ2v) is 6.43. The summed E-state index contributed by atoms with van der Waals surface area (Å²) in [4.78, 5) is 12.0. The monoisotopic (exact) mass is 425 g/mol. The summed E-state index contributed by atoms with van der Waals surface area (Å²) in [5.74, 6) is -0.194. The van der Waals surface area contributed by atoms with Gasteiger partial charge in [0.1, 0.15) is 5.60 Å². The van der Waals surface area contributed by atoms with Crippen LogP contribution < -0.4 is 5.32 Å². The summed E-state index contributed by atoms with van der Waals surface area (Å²) in [5.41, 5.74) is -0.353. The number of aliphatic hydroxyl groups is 1. The van der Waals surface area contributed by atoms with Crippen LogP contribution in [0, 0.1) is 3.57 Å². The van der Waals surface area contributed by atoms with Gasteiger partial charge in [0.2, 0.25) is 0 Å². The summed E-state index contributed by atoms with van der Waals surface area (Å²) >= 11 is 5.50. The largest absolute Gasteiger partial charge is 0.386 e. The van der Waals surface area contributed by atoms with Gasteiger partial charge in [-0.25, -0.2) is 0 Å². The Morgan fingerprint density at radius 2 is 2.39 bits per heavy atom. The van der Waals surface area contributed by atoms with Gasteiger partial charge in [0.05, 0.1) is 12.2 Å². The Morgan fingerprint density at radius 1 is 1.61 bits per heavy atom. The van der Waals surface area contributed by atoms with Crippen LogP contribution in [0.5, 0.6) is 0 Å². The SMILES string of the molecule is O=C(NCC1(O)CCOC1)c1cc(I)ccc1Br. The molecule has 4 nitrogen and oxygen atoms in total. The highest BCUT2D eigenvalue weighted by Crippen LogP contribution is 2.20. The normalized spacial score (nSPS) is 23.1. The van der Waals surface area contributed by atoms with E-state index in [2.05, 4.69) is 43.8 Å². The number of benzene rings is 1. The van der Waals surface area contributed by atoms with Crippen LogP contribution in [0.4, 0.5) is 0 Å². The summed E-state index contributed by atoms with van der Waals surface area (Å²) in [5, 5.41) is 12.8. The van der Waals surface area contributed by atoms with Crippen molar-refractivity contribution in [2.45, 2.75) is 12.0 Å². The van der Waals surface area contributed by atoms with E-state index in [1.807, 2.05) is 12.1 Å². The van der Waals surface area contributed by atoms with Crippen LogP contribution in [0.15, 0.2) is 22.7 Å². The van der Waals surface area contributed by atoms with Crippen molar-refractivity contribution >= 4 is 44.4 Å². The quantitative estimate of drug-likeness (QED) is 0.727. The van der Waals surface area contributed by atoms with Gasteiger partial charge in [-0.15, -0.1) is 0 Å². The Kier molecular flexibility index (Phi) is 4.63. The molecule has 0 aromatic heterocycles. The Hall–Kier alpha value is -0.180. The van der Waals surface area contributed by atoms with Gasteiger partial charge in [0, 0.05) is 27.6 Å². The summed E-state index contributed by atoms with van der Waals surface area (Å²) in [6.07, 6.45) is 0.556. The van der Waals surface area contributed by atoms with Crippen molar-refractivity contribution in [3.8, 4) is 0 Å². The minimum Gasteiger partial charge on any atom is -0.386 e. The third-order valence-corrected chi connectivity index (χ3v) is 4.20. The number of rotatable bonds is 3. The molecular formula is C12H13BrINO3. The molecule has 1 aliphatic rings. The first-order chi connectivity index (χ1) is 8.50. The molecular weight excluding hydrogens is 413 g/mol. The minimum absolute atomic E-state index is 0.194. The van der Waals surface area contributed by atoms with E-state index in [-0.39, 0.29) is 19.1 Å². The van der Waals surface area contributed by atoms with Gasteiger partial charge >= 0.3 is 0 Å². The molecule has 1 heterocycles. The Bertz CT molecular complexity index is 461. The van der Waals surface area contributed by atoms with Gasteiger partial charge in [0.15, 0.2) is 0 Å². The molecule has 18 heavy (non-hydrogen) atoms. The molecule has 1 aromatic carbocycles. The maximum atomic E-state index is 12.0. The summed E-state index contributed by atoms with van der Waals surface area (Å²) in [7, 11) is 0. The van der Waals surface area contributed by atoms with Crippen molar-refractivity contribution in [1.82, 2.24) is 5.32 Å².